The quantitative estimate of drug-likeness (QED) is 0.577. The third-order valence-corrected chi connectivity index (χ3v) is 3.95. The lowest BCUT2D eigenvalue weighted by Gasteiger charge is -2.37. The fourth-order valence-corrected chi connectivity index (χ4v) is 2.34. The predicted molar refractivity (Wildman–Crippen MR) is 83.1 cm³/mol. The van der Waals surface area contributed by atoms with Crippen LogP contribution in [0.1, 0.15) is 31.7 Å². The van der Waals surface area contributed by atoms with E-state index in [9.17, 15) is 5.11 Å². The van der Waals surface area contributed by atoms with Crippen LogP contribution in [0, 0.1) is 0 Å². The molecular formula is C15H22ClN3O. The lowest BCUT2D eigenvalue weighted by molar-refractivity contribution is -0.0279. The summed E-state index contributed by atoms with van der Waals surface area (Å²) in [5.74, 6) is 0.716. The molecule has 1 aliphatic carbocycles. The highest BCUT2D eigenvalue weighted by Crippen LogP contribution is 2.30. The average molecular weight is 296 g/mol. The van der Waals surface area contributed by atoms with Gasteiger partial charge in [-0.2, -0.15) is 0 Å². The largest absolute Gasteiger partial charge is 0.388 e. The van der Waals surface area contributed by atoms with Gasteiger partial charge in [-0.1, -0.05) is 29.8 Å². The number of hydrogen-bond acceptors (Lipinski definition) is 2. The van der Waals surface area contributed by atoms with Crippen LogP contribution < -0.4 is 10.6 Å². The highest BCUT2D eigenvalue weighted by molar-refractivity contribution is 6.31. The number of rotatable bonds is 5. The van der Waals surface area contributed by atoms with Crippen molar-refractivity contribution in [3.05, 3.63) is 34.9 Å². The van der Waals surface area contributed by atoms with E-state index in [0.29, 0.717) is 19.0 Å². The van der Waals surface area contributed by atoms with Crippen LogP contribution in [-0.4, -0.2) is 29.8 Å². The second-order valence-electron chi connectivity index (χ2n) is 5.22. The fraction of sp³-hybridized carbons (Fsp3) is 0.533. The molecule has 110 valence electrons. The van der Waals surface area contributed by atoms with E-state index in [0.717, 1.165) is 36.4 Å². The first-order valence-electron chi connectivity index (χ1n) is 7.11. The summed E-state index contributed by atoms with van der Waals surface area (Å²) in [6, 6.07) is 7.69. The first-order chi connectivity index (χ1) is 9.63. The molecule has 0 heterocycles. The first kappa shape index (κ1) is 15.1. The Balaban J connectivity index is 1.93. The molecule has 2 rings (SSSR count). The molecule has 0 saturated heterocycles. The lowest BCUT2D eigenvalue weighted by Crippen LogP contribution is -2.50. The highest BCUT2D eigenvalue weighted by Gasteiger charge is 2.34. The van der Waals surface area contributed by atoms with Crippen LogP contribution in [0.25, 0.3) is 0 Å². The Hall–Kier alpha value is -1.26. The summed E-state index contributed by atoms with van der Waals surface area (Å²) in [6.45, 7) is 3.87. The first-order valence-corrected chi connectivity index (χ1v) is 7.49. The summed E-state index contributed by atoms with van der Waals surface area (Å²) >= 11 is 6.12. The van der Waals surface area contributed by atoms with E-state index in [4.69, 9.17) is 11.6 Å². The topological polar surface area (TPSA) is 56.7 Å². The number of nitrogens with one attached hydrogen (secondary N) is 2. The molecule has 0 aromatic heterocycles. The van der Waals surface area contributed by atoms with Crippen molar-refractivity contribution in [2.75, 3.05) is 13.1 Å². The zero-order valence-electron chi connectivity index (χ0n) is 11.8. The molecule has 1 fully saturated rings. The molecule has 0 amide bonds. The van der Waals surface area contributed by atoms with E-state index in [1.165, 1.54) is 0 Å². The van der Waals surface area contributed by atoms with Gasteiger partial charge in [0, 0.05) is 18.1 Å². The van der Waals surface area contributed by atoms with Crippen molar-refractivity contribution in [1.29, 1.82) is 0 Å². The average Bonchev–Trinajstić information content (AvgIpc) is 2.41. The number of hydrogen-bond donors (Lipinski definition) is 3. The number of benzene rings is 1. The number of halogens is 1. The summed E-state index contributed by atoms with van der Waals surface area (Å²) in [4.78, 5) is 4.50. The zero-order chi connectivity index (χ0) is 14.4. The third-order valence-electron chi connectivity index (χ3n) is 3.58. The van der Waals surface area contributed by atoms with Crippen molar-refractivity contribution in [2.24, 2.45) is 4.99 Å². The second kappa shape index (κ2) is 6.95. The van der Waals surface area contributed by atoms with Gasteiger partial charge >= 0.3 is 0 Å². The van der Waals surface area contributed by atoms with Crippen LogP contribution in [0.4, 0.5) is 0 Å². The monoisotopic (exact) mass is 295 g/mol. The van der Waals surface area contributed by atoms with Crippen LogP contribution in [0.5, 0.6) is 0 Å². The van der Waals surface area contributed by atoms with Crippen LogP contribution in [0.3, 0.4) is 0 Å². The van der Waals surface area contributed by atoms with Gasteiger partial charge in [0.05, 0.1) is 12.1 Å². The Labute approximate surface area is 125 Å². The van der Waals surface area contributed by atoms with Crippen molar-refractivity contribution >= 4 is 17.6 Å². The molecule has 0 atom stereocenters. The van der Waals surface area contributed by atoms with Gasteiger partial charge in [0.2, 0.25) is 0 Å². The molecule has 1 aromatic carbocycles. The van der Waals surface area contributed by atoms with Gasteiger partial charge in [0.1, 0.15) is 0 Å². The normalized spacial score (nSPS) is 17.4. The Kier molecular flexibility index (Phi) is 5.26. The predicted octanol–water partition coefficient (Wildman–Crippen LogP) is 2.31. The molecule has 0 unspecified atom stereocenters. The zero-order valence-corrected chi connectivity index (χ0v) is 12.6. The van der Waals surface area contributed by atoms with Gasteiger partial charge in [-0.25, -0.2) is 4.99 Å². The molecule has 3 N–H and O–H groups in total. The molecule has 0 spiro atoms. The van der Waals surface area contributed by atoms with Crippen LogP contribution in [0.2, 0.25) is 5.02 Å². The van der Waals surface area contributed by atoms with Gasteiger partial charge < -0.3 is 15.7 Å². The van der Waals surface area contributed by atoms with E-state index >= 15 is 0 Å². The minimum absolute atomic E-state index is 0.521. The third kappa shape index (κ3) is 4.12. The molecule has 5 heteroatoms. The molecule has 0 radical (unpaired) electrons. The van der Waals surface area contributed by atoms with Crippen LogP contribution in [0.15, 0.2) is 29.3 Å². The number of guanidine groups is 1. The summed E-state index contributed by atoms with van der Waals surface area (Å²) in [6.07, 6.45) is 2.83. The molecule has 1 aliphatic rings. The highest BCUT2D eigenvalue weighted by atomic mass is 35.5. The van der Waals surface area contributed by atoms with Crippen molar-refractivity contribution < 1.29 is 5.11 Å². The minimum atomic E-state index is -0.555. The van der Waals surface area contributed by atoms with Gasteiger partial charge in [-0.05, 0) is 37.8 Å². The van der Waals surface area contributed by atoms with Crippen LogP contribution >= 0.6 is 11.6 Å². The number of aliphatic hydroxyl groups is 1. The number of aliphatic imine (C=N–C) groups is 1. The second-order valence-corrected chi connectivity index (χ2v) is 5.63. The molecule has 1 saturated carbocycles. The molecule has 0 aliphatic heterocycles. The van der Waals surface area contributed by atoms with Gasteiger partial charge in [0.15, 0.2) is 5.96 Å². The van der Waals surface area contributed by atoms with E-state index in [1.54, 1.807) is 0 Å². The minimum Gasteiger partial charge on any atom is -0.388 e. The molecule has 4 nitrogen and oxygen atoms in total. The SMILES string of the molecule is CCNC(=NCc1ccccc1Cl)NCC1(O)CCC1. The van der Waals surface area contributed by atoms with E-state index in [1.807, 2.05) is 31.2 Å². The smallest absolute Gasteiger partial charge is 0.191 e. The Morgan fingerprint density at radius 2 is 2.10 bits per heavy atom. The van der Waals surface area contributed by atoms with Crippen molar-refractivity contribution in [2.45, 2.75) is 38.3 Å². The fourth-order valence-electron chi connectivity index (χ4n) is 2.14. The molecule has 0 bridgehead atoms. The van der Waals surface area contributed by atoms with E-state index < -0.39 is 5.60 Å². The maximum absolute atomic E-state index is 10.1. The van der Waals surface area contributed by atoms with Gasteiger partial charge in [-0.15, -0.1) is 0 Å². The lowest BCUT2D eigenvalue weighted by atomic mass is 9.80. The maximum Gasteiger partial charge on any atom is 0.191 e. The van der Waals surface area contributed by atoms with Gasteiger partial charge in [-0.3, -0.25) is 0 Å². The number of nitrogens with zero attached hydrogens (tertiary/aromatic N) is 1. The molecular weight excluding hydrogens is 274 g/mol. The van der Waals surface area contributed by atoms with E-state index in [2.05, 4.69) is 15.6 Å². The Morgan fingerprint density at radius 3 is 2.70 bits per heavy atom. The summed E-state index contributed by atoms with van der Waals surface area (Å²) in [5.41, 5.74) is 0.439. The molecule has 20 heavy (non-hydrogen) atoms. The maximum atomic E-state index is 10.1. The van der Waals surface area contributed by atoms with Gasteiger partial charge in [0.25, 0.3) is 0 Å². The summed E-state index contributed by atoms with van der Waals surface area (Å²) in [5, 5.41) is 17.2. The standard InChI is InChI=1S/C15H22ClN3O/c1-2-17-14(19-11-15(20)8-5-9-15)18-10-12-6-3-4-7-13(12)16/h3-4,6-7,20H,2,5,8-11H2,1H3,(H2,17,18,19). The molecule has 1 aromatic rings. The van der Waals surface area contributed by atoms with E-state index in [-0.39, 0.29) is 0 Å². The van der Waals surface area contributed by atoms with Crippen molar-refractivity contribution in [1.82, 2.24) is 10.6 Å². The Bertz CT molecular complexity index is 472. The summed E-state index contributed by atoms with van der Waals surface area (Å²) in [7, 11) is 0. The van der Waals surface area contributed by atoms with Crippen molar-refractivity contribution in [3.63, 3.8) is 0 Å². The Morgan fingerprint density at radius 1 is 1.35 bits per heavy atom. The summed E-state index contributed by atoms with van der Waals surface area (Å²) < 4.78 is 0. The van der Waals surface area contributed by atoms with Crippen molar-refractivity contribution in [3.8, 4) is 0 Å². The van der Waals surface area contributed by atoms with Crippen LogP contribution in [-0.2, 0) is 6.54 Å².